The minimum Gasteiger partial charge on any atom is -0.268 e. The van der Waals surface area contributed by atoms with E-state index in [0.717, 1.165) is 0 Å². The summed E-state index contributed by atoms with van der Waals surface area (Å²) in [5.41, 5.74) is 0.249. The fourth-order valence-electron chi connectivity index (χ4n) is 0.658. The Labute approximate surface area is 81.3 Å². The zero-order valence-corrected chi connectivity index (χ0v) is 8.35. The standard InChI is InChI=1S/C6H8ClN3O2S/c1-8-13(11,12)10-5-3-2-4-9-6(5)7/h2-4,8,10H,1H3. The van der Waals surface area contributed by atoms with Gasteiger partial charge < -0.3 is 0 Å². The van der Waals surface area contributed by atoms with E-state index < -0.39 is 10.2 Å². The maximum absolute atomic E-state index is 11.0. The van der Waals surface area contributed by atoms with Crippen molar-refractivity contribution in [1.82, 2.24) is 9.71 Å². The molecule has 0 spiro atoms. The summed E-state index contributed by atoms with van der Waals surface area (Å²) in [6.07, 6.45) is 1.47. The maximum Gasteiger partial charge on any atom is 0.298 e. The van der Waals surface area contributed by atoms with Crippen LogP contribution in [0.15, 0.2) is 18.3 Å². The number of hydrogen-bond acceptors (Lipinski definition) is 3. The average Bonchev–Trinajstić information content (AvgIpc) is 2.09. The first kappa shape index (κ1) is 10.2. The first-order valence-electron chi connectivity index (χ1n) is 3.37. The molecule has 0 atom stereocenters. The molecule has 72 valence electrons. The number of pyridine rings is 1. The molecule has 1 aromatic heterocycles. The van der Waals surface area contributed by atoms with Gasteiger partial charge in [-0.15, -0.1) is 0 Å². The van der Waals surface area contributed by atoms with Crippen LogP contribution in [-0.4, -0.2) is 20.4 Å². The van der Waals surface area contributed by atoms with Crippen LogP contribution >= 0.6 is 11.6 Å². The lowest BCUT2D eigenvalue weighted by molar-refractivity contribution is 0.593. The maximum atomic E-state index is 11.0. The van der Waals surface area contributed by atoms with E-state index in [0.29, 0.717) is 0 Å². The van der Waals surface area contributed by atoms with E-state index in [9.17, 15) is 8.42 Å². The Balaban J connectivity index is 2.93. The summed E-state index contributed by atoms with van der Waals surface area (Å²) in [6.45, 7) is 0. The van der Waals surface area contributed by atoms with Gasteiger partial charge in [0.2, 0.25) is 0 Å². The monoisotopic (exact) mass is 221 g/mol. The van der Waals surface area contributed by atoms with Crippen molar-refractivity contribution in [3.63, 3.8) is 0 Å². The lowest BCUT2D eigenvalue weighted by atomic mass is 10.4. The quantitative estimate of drug-likeness (QED) is 0.735. The molecule has 0 saturated heterocycles. The van der Waals surface area contributed by atoms with Crippen LogP contribution in [0.1, 0.15) is 0 Å². The number of rotatable bonds is 3. The Morgan fingerprint density at radius 2 is 2.23 bits per heavy atom. The third kappa shape index (κ3) is 2.83. The summed E-state index contributed by atoms with van der Waals surface area (Å²) in [5, 5.41) is 0.112. The summed E-state index contributed by atoms with van der Waals surface area (Å²) in [6, 6.07) is 3.10. The second kappa shape index (κ2) is 3.91. The number of nitrogens with one attached hydrogen (secondary N) is 2. The molecule has 13 heavy (non-hydrogen) atoms. The number of nitrogens with zero attached hydrogens (tertiary/aromatic N) is 1. The van der Waals surface area contributed by atoms with Gasteiger partial charge in [-0.1, -0.05) is 11.6 Å². The molecule has 1 rings (SSSR count). The molecule has 0 fully saturated rings. The van der Waals surface area contributed by atoms with Crippen molar-refractivity contribution in [1.29, 1.82) is 0 Å². The topological polar surface area (TPSA) is 71.1 Å². The van der Waals surface area contributed by atoms with E-state index in [1.54, 1.807) is 6.07 Å². The fourth-order valence-corrected chi connectivity index (χ4v) is 1.44. The molecular formula is C6H8ClN3O2S. The summed E-state index contributed by atoms with van der Waals surface area (Å²) < 4.78 is 26.3. The highest BCUT2D eigenvalue weighted by atomic mass is 35.5. The predicted molar refractivity (Wildman–Crippen MR) is 50.8 cm³/mol. The Kier molecular flexibility index (Phi) is 3.07. The van der Waals surface area contributed by atoms with Crippen molar-refractivity contribution < 1.29 is 8.42 Å². The first-order valence-corrected chi connectivity index (χ1v) is 5.23. The van der Waals surface area contributed by atoms with Gasteiger partial charge >= 0.3 is 0 Å². The lowest BCUT2D eigenvalue weighted by Crippen LogP contribution is -2.26. The molecule has 0 unspecified atom stereocenters. The van der Waals surface area contributed by atoms with E-state index in [2.05, 4.69) is 14.4 Å². The Bertz CT molecular complexity index is 393. The fraction of sp³-hybridized carbons (Fsp3) is 0.167. The normalized spacial score (nSPS) is 11.2. The van der Waals surface area contributed by atoms with Crippen molar-refractivity contribution in [2.24, 2.45) is 0 Å². The molecule has 2 N–H and O–H groups in total. The Hall–Kier alpha value is -0.850. The SMILES string of the molecule is CNS(=O)(=O)Nc1cccnc1Cl. The second-order valence-electron chi connectivity index (χ2n) is 2.15. The summed E-state index contributed by atoms with van der Waals surface area (Å²) >= 11 is 5.62. The molecule has 0 amide bonds. The zero-order chi connectivity index (χ0) is 9.90. The van der Waals surface area contributed by atoms with Crippen LogP contribution in [0, 0.1) is 0 Å². The molecule has 0 aliphatic heterocycles. The molecule has 1 heterocycles. The van der Waals surface area contributed by atoms with Crippen LogP contribution in [0.25, 0.3) is 0 Å². The van der Waals surface area contributed by atoms with E-state index in [1.165, 1.54) is 19.3 Å². The van der Waals surface area contributed by atoms with Gasteiger partial charge in [0.25, 0.3) is 10.2 Å². The van der Waals surface area contributed by atoms with E-state index in [4.69, 9.17) is 11.6 Å². The minimum absolute atomic E-state index is 0.112. The number of anilines is 1. The van der Waals surface area contributed by atoms with Gasteiger partial charge in [-0.05, 0) is 12.1 Å². The first-order chi connectivity index (χ1) is 6.05. The lowest BCUT2D eigenvalue weighted by Gasteiger charge is -2.06. The minimum atomic E-state index is -3.52. The van der Waals surface area contributed by atoms with Gasteiger partial charge in [0, 0.05) is 13.2 Å². The average molecular weight is 222 g/mol. The van der Waals surface area contributed by atoms with Gasteiger partial charge in [-0.3, -0.25) is 4.72 Å². The second-order valence-corrected chi connectivity index (χ2v) is 4.13. The molecular weight excluding hydrogens is 214 g/mol. The highest BCUT2D eigenvalue weighted by Crippen LogP contribution is 2.17. The van der Waals surface area contributed by atoms with Gasteiger partial charge in [0.1, 0.15) is 0 Å². The smallest absolute Gasteiger partial charge is 0.268 e. The third-order valence-corrected chi connectivity index (χ3v) is 2.60. The zero-order valence-electron chi connectivity index (χ0n) is 6.78. The largest absolute Gasteiger partial charge is 0.298 e. The van der Waals surface area contributed by atoms with Crippen molar-refractivity contribution in [2.45, 2.75) is 0 Å². The van der Waals surface area contributed by atoms with Crippen molar-refractivity contribution in [3.05, 3.63) is 23.5 Å². The van der Waals surface area contributed by atoms with Crippen molar-refractivity contribution >= 4 is 27.5 Å². The molecule has 0 aliphatic carbocycles. The molecule has 1 aromatic rings. The molecule has 0 aromatic carbocycles. The van der Waals surface area contributed by atoms with Gasteiger partial charge in [-0.25, -0.2) is 9.71 Å². The van der Waals surface area contributed by atoms with Crippen LogP contribution in [0.5, 0.6) is 0 Å². The number of halogens is 1. The van der Waals surface area contributed by atoms with Crippen LogP contribution in [-0.2, 0) is 10.2 Å². The van der Waals surface area contributed by atoms with E-state index >= 15 is 0 Å². The van der Waals surface area contributed by atoms with Crippen LogP contribution < -0.4 is 9.44 Å². The van der Waals surface area contributed by atoms with E-state index in [1.807, 2.05) is 0 Å². The van der Waals surface area contributed by atoms with Gasteiger partial charge in [0.15, 0.2) is 5.15 Å². The highest BCUT2D eigenvalue weighted by Gasteiger charge is 2.08. The van der Waals surface area contributed by atoms with Crippen molar-refractivity contribution in [2.75, 3.05) is 11.8 Å². The van der Waals surface area contributed by atoms with Gasteiger partial charge in [-0.2, -0.15) is 8.42 Å². The highest BCUT2D eigenvalue weighted by molar-refractivity contribution is 7.90. The van der Waals surface area contributed by atoms with Crippen LogP contribution in [0.3, 0.4) is 0 Å². The molecule has 0 bridgehead atoms. The van der Waals surface area contributed by atoms with Crippen molar-refractivity contribution in [3.8, 4) is 0 Å². The summed E-state index contributed by atoms with van der Waals surface area (Å²) in [5.74, 6) is 0. The number of aromatic nitrogens is 1. The predicted octanol–water partition coefficient (Wildman–Crippen LogP) is 0.611. The summed E-state index contributed by atoms with van der Waals surface area (Å²) in [4.78, 5) is 3.71. The Morgan fingerprint density at radius 3 is 2.77 bits per heavy atom. The van der Waals surface area contributed by atoms with E-state index in [-0.39, 0.29) is 10.8 Å². The molecule has 0 radical (unpaired) electrons. The molecule has 7 heteroatoms. The Morgan fingerprint density at radius 1 is 1.54 bits per heavy atom. The molecule has 5 nitrogen and oxygen atoms in total. The molecule has 0 aliphatic rings. The van der Waals surface area contributed by atoms with Crippen LogP contribution in [0.2, 0.25) is 5.15 Å². The number of hydrogen-bond donors (Lipinski definition) is 2. The van der Waals surface area contributed by atoms with Crippen LogP contribution in [0.4, 0.5) is 5.69 Å². The molecule has 0 saturated carbocycles. The van der Waals surface area contributed by atoms with Gasteiger partial charge in [0.05, 0.1) is 5.69 Å². The third-order valence-electron chi connectivity index (χ3n) is 1.27. The summed E-state index contributed by atoms with van der Waals surface area (Å²) in [7, 11) is -2.22.